The molecule has 7 heteroatoms. The SMILES string of the molecule is COc1cccc(NC(=O)C(CCSC)N2C(=O)C3CCCCC3C2=O)c1. The number of imide groups is 1. The summed E-state index contributed by atoms with van der Waals surface area (Å²) in [6.07, 6.45) is 5.84. The topological polar surface area (TPSA) is 75.7 Å². The number of benzene rings is 1. The summed E-state index contributed by atoms with van der Waals surface area (Å²) in [5.41, 5.74) is 0.588. The van der Waals surface area contributed by atoms with Gasteiger partial charge in [0.2, 0.25) is 17.7 Å². The molecule has 3 amide bonds. The fourth-order valence-corrected chi connectivity index (χ4v) is 4.49. The molecule has 2 fully saturated rings. The van der Waals surface area contributed by atoms with Crippen LogP contribution < -0.4 is 10.1 Å². The van der Waals surface area contributed by atoms with Crippen molar-refractivity contribution in [3.63, 3.8) is 0 Å². The minimum atomic E-state index is -0.769. The first kappa shape index (κ1) is 19.7. The van der Waals surface area contributed by atoms with Gasteiger partial charge in [-0.15, -0.1) is 0 Å². The Hall–Kier alpha value is -2.02. The van der Waals surface area contributed by atoms with E-state index < -0.39 is 6.04 Å². The highest BCUT2D eigenvalue weighted by molar-refractivity contribution is 7.98. The van der Waals surface area contributed by atoms with Gasteiger partial charge in [0.1, 0.15) is 11.8 Å². The molecule has 1 N–H and O–H groups in total. The van der Waals surface area contributed by atoms with Crippen LogP contribution in [0.1, 0.15) is 32.1 Å². The number of anilines is 1. The van der Waals surface area contributed by atoms with E-state index in [0.29, 0.717) is 23.6 Å². The molecule has 1 aliphatic carbocycles. The van der Waals surface area contributed by atoms with E-state index in [0.717, 1.165) is 25.7 Å². The minimum Gasteiger partial charge on any atom is -0.497 e. The third-order valence-electron chi connectivity index (χ3n) is 5.42. The van der Waals surface area contributed by atoms with Crippen molar-refractivity contribution in [3.05, 3.63) is 24.3 Å². The number of likely N-dealkylation sites (tertiary alicyclic amines) is 1. The molecular formula is C20H26N2O4S. The van der Waals surface area contributed by atoms with E-state index in [1.54, 1.807) is 43.1 Å². The van der Waals surface area contributed by atoms with Crippen molar-refractivity contribution < 1.29 is 19.1 Å². The van der Waals surface area contributed by atoms with Crippen molar-refractivity contribution in [2.45, 2.75) is 38.1 Å². The van der Waals surface area contributed by atoms with Gasteiger partial charge in [0.05, 0.1) is 18.9 Å². The van der Waals surface area contributed by atoms with Gasteiger partial charge in [-0.05, 0) is 43.4 Å². The zero-order valence-corrected chi connectivity index (χ0v) is 16.6. The van der Waals surface area contributed by atoms with Crippen molar-refractivity contribution in [2.75, 3.05) is 24.4 Å². The molecule has 3 rings (SSSR count). The van der Waals surface area contributed by atoms with Crippen LogP contribution in [0.25, 0.3) is 0 Å². The van der Waals surface area contributed by atoms with Gasteiger partial charge >= 0.3 is 0 Å². The summed E-state index contributed by atoms with van der Waals surface area (Å²) in [4.78, 5) is 40.1. The quantitative estimate of drug-likeness (QED) is 0.725. The summed E-state index contributed by atoms with van der Waals surface area (Å²) in [5.74, 6) is 0.182. The molecule has 146 valence electrons. The van der Waals surface area contributed by atoms with Gasteiger partial charge in [-0.3, -0.25) is 19.3 Å². The Morgan fingerprint density at radius 2 is 1.93 bits per heavy atom. The van der Waals surface area contributed by atoms with E-state index in [-0.39, 0.29) is 29.6 Å². The lowest BCUT2D eigenvalue weighted by Crippen LogP contribution is -2.48. The minimum absolute atomic E-state index is 0.170. The Morgan fingerprint density at radius 3 is 2.52 bits per heavy atom. The van der Waals surface area contributed by atoms with Gasteiger partial charge in [-0.2, -0.15) is 11.8 Å². The van der Waals surface area contributed by atoms with Crippen LogP contribution in [0.15, 0.2) is 24.3 Å². The van der Waals surface area contributed by atoms with Crippen LogP contribution >= 0.6 is 11.8 Å². The number of amides is 3. The molecule has 1 aliphatic heterocycles. The van der Waals surface area contributed by atoms with Crippen molar-refractivity contribution >= 4 is 35.2 Å². The Balaban J connectivity index is 1.81. The smallest absolute Gasteiger partial charge is 0.247 e. The van der Waals surface area contributed by atoms with Gasteiger partial charge < -0.3 is 10.1 Å². The van der Waals surface area contributed by atoms with E-state index in [1.165, 1.54) is 4.90 Å². The number of carbonyl (C=O) groups is 3. The average Bonchev–Trinajstić information content (AvgIpc) is 2.94. The monoisotopic (exact) mass is 390 g/mol. The normalized spacial score (nSPS) is 23.1. The molecule has 1 aromatic rings. The van der Waals surface area contributed by atoms with Crippen LogP contribution in [-0.2, 0) is 14.4 Å². The first-order valence-electron chi connectivity index (χ1n) is 9.37. The summed E-state index contributed by atoms with van der Waals surface area (Å²) in [5, 5.41) is 2.85. The van der Waals surface area contributed by atoms with Gasteiger partial charge in [0.15, 0.2) is 0 Å². The van der Waals surface area contributed by atoms with Crippen LogP contribution in [0.2, 0.25) is 0 Å². The summed E-state index contributed by atoms with van der Waals surface area (Å²) in [7, 11) is 1.56. The lowest BCUT2D eigenvalue weighted by atomic mass is 9.81. The maximum atomic E-state index is 13.0. The molecule has 0 radical (unpaired) electrons. The maximum Gasteiger partial charge on any atom is 0.247 e. The highest BCUT2D eigenvalue weighted by atomic mass is 32.2. The number of methoxy groups -OCH3 is 1. The predicted octanol–water partition coefficient (Wildman–Crippen LogP) is 2.93. The summed E-state index contributed by atoms with van der Waals surface area (Å²) < 4.78 is 5.19. The second kappa shape index (κ2) is 8.78. The van der Waals surface area contributed by atoms with Gasteiger partial charge in [-0.25, -0.2) is 0 Å². The molecule has 1 aromatic carbocycles. The third kappa shape index (κ3) is 4.13. The molecule has 0 bridgehead atoms. The molecule has 3 atom stereocenters. The van der Waals surface area contributed by atoms with Crippen LogP contribution in [-0.4, -0.2) is 47.8 Å². The molecule has 1 heterocycles. The second-order valence-corrected chi connectivity index (χ2v) is 8.05. The predicted molar refractivity (Wildman–Crippen MR) is 106 cm³/mol. The number of hydrogen-bond donors (Lipinski definition) is 1. The van der Waals surface area contributed by atoms with Crippen LogP contribution in [0, 0.1) is 11.8 Å². The van der Waals surface area contributed by atoms with E-state index in [1.807, 2.05) is 6.26 Å². The number of carbonyl (C=O) groups excluding carboxylic acids is 3. The molecule has 1 saturated carbocycles. The van der Waals surface area contributed by atoms with Gasteiger partial charge in [0, 0.05) is 11.8 Å². The standard InChI is InChI=1S/C20H26N2O4S/c1-26-14-7-5-6-13(12-14)21-18(23)17(10-11-27-2)22-19(24)15-8-3-4-9-16(15)20(22)25/h5-7,12,15-17H,3-4,8-11H2,1-2H3,(H,21,23). The fourth-order valence-electron chi connectivity index (χ4n) is 4.03. The van der Waals surface area contributed by atoms with Gasteiger partial charge in [0.25, 0.3) is 0 Å². The van der Waals surface area contributed by atoms with Crippen LogP contribution in [0.3, 0.4) is 0 Å². The molecular weight excluding hydrogens is 364 g/mol. The Morgan fingerprint density at radius 1 is 1.26 bits per heavy atom. The largest absolute Gasteiger partial charge is 0.497 e. The van der Waals surface area contributed by atoms with Crippen molar-refractivity contribution in [1.82, 2.24) is 4.90 Å². The Kier molecular flexibility index (Phi) is 6.42. The zero-order valence-electron chi connectivity index (χ0n) is 15.8. The number of nitrogens with one attached hydrogen (secondary N) is 1. The van der Waals surface area contributed by atoms with E-state index in [9.17, 15) is 14.4 Å². The zero-order chi connectivity index (χ0) is 19.4. The molecule has 0 spiro atoms. The molecule has 6 nitrogen and oxygen atoms in total. The summed E-state index contributed by atoms with van der Waals surface area (Å²) >= 11 is 1.60. The van der Waals surface area contributed by atoms with Gasteiger partial charge in [-0.1, -0.05) is 18.9 Å². The number of fused-ring (bicyclic) bond motifs is 1. The fraction of sp³-hybridized carbons (Fsp3) is 0.550. The molecule has 1 saturated heterocycles. The van der Waals surface area contributed by atoms with Crippen molar-refractivity contribution in [3.8, 4) is 5.75 Å². The summed E-state index contributed by atoms with van der Waals surface area (Å²) in [6.45, 7) is 0. The molecule has 0 aromatic heterocycles. The number of thioether (sulfide) groups is 1. The summed E-state index contributed by atoms with van der Waals surface area (Å²) in [6, 6.07) is 6.29. The lowest BCUT2D eigenvalue weighted by molar-refractivity contribution is -0.146. The second-order valence-electron chi connectivity index (χ2n) is 7.06. The average molecular weight is 391 g/mol. The molecule has 27 heavy (non-hydrogen) atoms. The number of rotatable bonds is 7. The highest BCUT2D eigenvalue weighted by Gasteiger charge is 2.51. The van der Waals surface area contributed by atoms with E-state index in [4.69, 9.17) is 4.74 Å². The van der Waals surface area contributed by atoms with Crippen molar-refractivity contribution in [2.24, 2.45) is 11.8 Å². The van der Waals surface area contributed by atoms with Crippen LogP contribution in [0.5, 0.6) is 5.75 Å². The highest BCUT2D eigenvalue weighted by Crippen LogP contribution is 2.39. The number of nitrogens with zero attached hydrogens (tertiary/aromatic N) is 1. The Labute approximate surface area is 164 Å². The third-order valence-corrected chi connectivity index (χ3v) is 6.07. The first-order chi connectivity index (χ1) is 13.1. The van der Waals surface area contributed by atoms with Crippen LogP contribution in [0.4, 0.5) is 5.69 Å². The maximum absolute atomic E-state index is 13.0. The number of hydrogen-bond acceptors (Lipinski definition) is 5. The Bertz CT molecular complexity index is 700. The van der Waals surface area contributed by atoms with E-state index >= 15 is 0 Å². The van der Waals surface area contributed by atoms with Crippen molar-refractivity contribution in [1.29, 1.82) is 0 Å². The lowest BCUT2D eigenvalue weighted by Gasteiger charge is -2.26. The number of ether oxygens (including phenoxy) is 1. The molecule has 2 aliphatic rings. The first-order valence-corrected chi connectivity index (χ1v) is 10.8. The van der Waals surface area contributed by atoms with E-state index in [2.05, 4.69) is 5.32 Å². The molecule has 3 unspecified atom stereocenters.